The molecule has 2 rings (SSSR count). The Kier molecular flexibility index (Phi) is 8.65. The number of nitrogens with one attached hydrogen (secondary N) is 2. The van der Waals surface area contributed by atoms with Gasteiger partial charge in [0.1, 0.15) is 6.04 Å². The van der Waals surface area contributed by atoms with Crippen molar-refractivity contribution in [1.29, 1.82) is 0 Å². The van der Waals surface area contributed by atoms with E-state index in [0.29, 0.717) is 32.4 Å². The second kappa shape index (κ2) is 9.97. The molecule has 0 aromatic rings. The average molecular weight is 376 g/mol. The van der Waals surface area contributed by atoms with Crippen LogP contribution in [0.25, 0.3) is 0 Å². The maximum Gasteiger partial charge on any atom is 0.326 e. The van der Waals surface area contributed by atoms with Crippen LogP contribution >= 0.6 is 12.4 Å². The lowest BCUT2D eigenvalue weighted by atomic mass is 9.94. The lowest BCUT2D eigenvalue weighted by Crippen LogP contribution is -2.50. The van der Waals surface area contributed by atoms with Gasteiger partial charge in [-0.2, -0.15) is 0 Å². The molecule has 2 amide bonds. The van der Waals surface area contributed by atoms with Crippen molar-refractivity contribution in [1.82, 2.24) is 15.5 Å². The number of hydrogen-bond acceptors (Lipinski definition) is 4. The molecule has 0 spiro atoms. The Morgan fingerprint density at radius 2 is 1.84 bits per heavy atom. The molecular weight excluding hydrogens is 346 g/mol. The van der Waals surface area contributed by atoms with Crippen LogP contribution in [0.15, 0.2) is 0 Å². The lowest BCUT2D eigenvalue weighted by Gasteiger charge is -2.33. The molecule has 0 unspecified atom stereocenters. The number of likely N-dealkylation sites (tertiary alicyclic amines) is 1. The number of carboxylic acid groups (broad SMARTS) is 1. The van der Waals surface area contributed by atoms with Gasteiger partial charge in [-0.1, -0.05) is 13.8 Å². The number of carboxylic acids is 1. The fourth-order valence-corrected chi connectivity index (χ4v) is 3.46. The van der Waals surface area contributed by atoms with Crippen molar-refractivity contribution in [2.45, 2.75) is 58.0 Å². The summed E-state index contributed by atoms with van der Waals surface area (Å²) in [6.07, 6.45) is 3.53. The number of rotatable bonds is 6. The van der Waals surface area contributed by atoms with Crippen molar-refractivity contribution >= 4 is 30.2 Å². The van der Waals surface area contributed by atoms with E-state index in [-0.39, 0.29) is 42.1 Å². The fraction of sp³-hybridized carbons (Fsp3) is 0.824. The molecule has 2 saturated heterocycles. The maximum atomic E-state index is 12.4. The van der Waals surface area contributed by atoms with E-state index in [2.05, 4.69) is 10.6 Å². The molecule has 3 N–H and O–H groups in total. The van der Waals surface area contributed by atoms with Gasteiger partial charge in [0, 0.05) is 19.0 Å². The van der Waals surface area contributed by atoms with Crippen molar-refractivity contribution in [2.24, 2.45) is 11.8 Å². The van der Waals surface area contributed by atoms with E-state index in [1.807, 2.05) is 18.7 Å². The zero-order valence-electron chi connectivity index (χ0n) is 15.0. The van der Waals surface area contributed by atoms with E-state index >= 15 is 0 Å². The number of piperidine rings is 1. The summed E-state index contributed by atoms with van der Waals surface area (Å²) in [6, 6.07) is -0.905. The number of hydrogen-bond donors (Lipinski definition) is 3. The smallest absolute Gasteiger partial charge is 0.326 e. The molecule has 2 heterocycles. The van der Waals surface area contributed by atoms with Gasteiger partial charge in [0.25, 0.3) is 0 Å². The third-order valence-corrected chi connectivity index (χ3v) is 4.86. The normalized spacial score (nSPS) is 22.4. The molecule has 7 nitrogen and oxygen atoms in total. The van der Waals surface area contributed by atoms with Crippen LogP contribution in [0.5, 0.6) is 0 Å². The monoisotopic (exact) mass is 375 g/mol. The molecule has 0 aromatic heterocycles. The van der Waals surface area contributed by atoms with Crippen LogP contribution in [-0.4, -0.2) is 59.5 Å². The van der Waals surface area contributed by atoms with Gasteiger partial charge >= 0.3 is 5.97 Å². The largest absolute Gasteiger partial charge is 0.480 e. The Bertz CT molecular complexity index is 473. The van der Waals surface area contributed by atoms with Crippen LogP contribution in [0.4, 0.5) is 0 Å². The molecule has 2 aliphatic heterocycles. The number of halogens is 1. The summed E-state index contributed by atoms with van der Waals surface area (Å²) >= 11 is 0. The van der Waals surface area contributed by atoms with Crippen LogP contribution < -0.4 is 10.6 Å². The predicted molar refractivity (Wildman–Crippen MR) is 96.6 cm³/mol. The molecular formula is C17H30ClN3O4. The number of carbonyl (C=O) groups excluding carboxylic acids is 2. The highest BCUT2D eigenvalue weighted by Crippen LogP contribution is 2.20. The van der Waals surface area contributed by atoms with Crippen LogP contribution in [0.2, 0.25) is 0 Å². The molecule has 0 aliphatic carbocycles. The van der Waals surface area contributed by atoms with Gasteiger partial charge in [0.15, 0.2) is 0 Å². The minimum Gasteiger partial charge on any atom is -0.480 e. The molecule has 2 aliphatic rings. The predicted octanol–water partition coefficient (Wildman–Crippen LogP) is 1.01. The standard InChI is InChI=1S/C17H29N3O4.ClH/c1-11(2)10-14(17(23)24)19-15(21)12-5-8-20(9-6-12)16(22)13-4-3-7-18-13;/h11-14,18H,3-10H2,1-2H3,(H,19,21)(H,23,24);1H/t13-,14-;/m0./s1. The molecule has 0 aromatic carbocycles. The molecule has 0 bridgehead atoms. The van der Waals surface area contributed by atoms with E-state index in [4.69, 9.17) is 0 Å². The Hall–Kier alpha value is -1.34. The SMILES string of the molecule is CC(C)C[C@H](NC(=O)C1CCN(C(=O)[C@@H]2CCCN2)CC1)C(=O)O.Cl. The maximum absolute atomic E-state index is 12.4. The number of aliphatic carboxylic acids is 1. The quantitative estimate of drug-likeness (QED) is 0.643. The summed E-state index contributed by atoms with van der Waals surface area (Å²) in [5.41, 5.74) is 0. The van der Waals surface area contributed by atoms with Gasteiger partial charge in [-0.15, -0.1) is 12.4 Å². The highest BCUT2D eigenvalue weighted by atomic mass is 35.5. The molecule has 0 saturated carbocycles. The third kappa shape index (κ3) is 6.15. The number of amides is 2. The second-order valence-corrected chi connectivity index (χ2v) is 7.28. The van der Waals surface area contributed by atoms with Gasteiger partial charge in [-0.25, -0.2) is 4.79 Å². The second-order valence-electron chi connectivity index (χ2n) is 7.28. The first-order valence-corrected chi connectivity index (χ1v) is 8.93. The minimum absolute atomic E-state index is 0. The first-order chi connectivity index (χ1) is 11.4. The van der Waals surface area contributed by atoms with Crippen LogP contribution in [0.1, 0.15) is 46.0 Å². The molecule has 0 radical (unpaired) electrons. The molecule has 25 heavy (non-hydrogen) atoms. The Labute approximate surface area is 155 Å². The van der Waals surface area contributed by atoms with Gasteiger partial charge in [0.2, 0.25) is 11.8 Å². The summed E-state index contributed by atoms with van der Waals surface area (Å²) in [5.74, 6) is -1.06. The minimum atomic E-state index is -0.989. The fourth-order valence-electron chi connectivity index (χ4n) is 3.46. The summed E-state index contributed by atoms with van der Waals surface area (Å²) in [5, 5.41) is 15.1. The van der Waals surface area contributed by atoms with E-state index in [1.165, 1.54) is 0 Å². The Balaban J connectivity index is 0.00000312. The van der Waals surface area contributed by atoms with E-state index < -0.39 is 12.0 Å². The Morgan fingerprint density at radius 3 is 2.32 bits per heavy atom. The van der Waals surface area contributed by atoms with Gasteiger partial charge < -0.3 is 20.6 Å². The van der Waals surface area contributed by atoms with E-state index in [9.17, 15) is 19.5 Å². The lowest BCUT2D eigenvalue weighted by molar-refractivity contribution is -0.143. The Morgan fingerprint density at radius 1 is 1.20 bits per heavy atom. The first kappa shape index (κ1) is 21.7. The van der Waals surface area contributed by atoms with Crippen molar-refractivity contribution in [3.8, 4) is 0 Å². The van der Waals surface area contributed by atoms with Gasteiger partial charge in [-0.3, -0.25) is 9.59 Å². The third-order valence-electron chi connectivity index (χ3n) is 4.86. The molecule has 8 heteroatoms. The molecule has 2 fully saturated rings. The van der Waals surface area contributed by atoms with Crippen LogP contribution in [0, 0.1) is 11.8 Å². The van der Waals surface area contributed by atoms with Crippen molar-refractivity contribution in [3.05, 3.63) is 0 Å². The summed E-state index contributed by atoms with van der Waals surface area (Å²) < 4.78 is 0. The highest BCUT2D eigenvalue weighted by Gasteiger charge is 2.33. The number of carbonyl (C=O) groups is 3. The first-order valence-electron chi connectivity index (χ1n) is 8.93. The molecule has 144 valence electrons. The van der Waals surface area contributed by atoms with Crippen molar-refractivity contribution in [2.75, 3.05) is 19.6 Å². The zero-order valence-corrected chi connectivity index (χ0v) is 15.8. The molecule has 2 atom stereocenters. The van der Waals surface area contributed by atoms with E-state index in [0.717, 1.165) is 19.4 Å². The summed E-state index contributed by atoms with van der Waals surface area (Å²) in [4.78, 5) is 37.8. The van der Waals surface area contributed by atoms with Gasteiger partial charge in [0.05, 0.1) is 6.04 Å². The summed E-state index contributed by atoms with van der Waals surface area (Å²) in [7, 11) is 0. The van der Waals surface area contributed by atoms with Crippen molar-refractivity contribution < 1.29 is 19.5 Å². The zero-order chi connectivity index (χ0) is 17.7. The topological polar surface area (TPSA) is 98.7 Å². The van der Waals surface area contributed by atoms with Gasteiger partial charge in [-0.05, 0) is 44.6 Å². The van der Waals surface area contributed by atoms with Crippen LogP contribution in [-0.2, 0) is 14.4 Å². The number of nitrogens with zero attached hydrogens (tertiary/aromatic N) is 1. The average Bonchev–Trinajstić information content (AvgIpc) is 3.07. The summed E-state index contributed by atoms with van der Waals surface area (Å²) in [6.45, 7) is 5.89. The van der Waals surface area contributed by atoms with Crippen LogP contribution in [0.3, 0.4) is 0 Å². The highest BCUT2D eigenvalue weighted by molar-refractivity contribution is 5.86. The van der Waals surface area contributed by atoms with Crippen molar-refractivity contribution in [3.63, 3.8) is 0 Å². The van der Waals surface area contributed by atoms with E-state index in [1.54, 1.807) is 0 Å².